The lowest BCUT2D eigenvalue weighted by atomic mass is 9.87. The lowest BCUT2D eigenvalue weighted by molar-refractivity contribution is -0.141. The molecule has 1 rings (SSSR count). The minimum Gasteiger partial charge on any atom is -0.480 e. The zero-order valence-corrected chi connectivity index (χ0v) is 13.9. The molecule has 0 unspecified atom stereocenters. The maximum atomic E-state index is 11.9. The van der Waals surface area contributed by atoms with Gasteiger partial charge in [-0.15, -0.1) is 0 Å². The average Bonchev–Trinajstić information content (AvgIpc) is 2.31. The fourth-order valence-electron chi connectivity index (χ4n) is 1.56. The Morgan fingerprint density at radius 3 is 2.10 bits per heavy atom. The van der Waals surface area contributed by atoms with Crippen molar-refractivity contribution < 1.29 is 14.7 Å². The van der Waals surface area contributed by atoms with Crippen LogP contribution in [0.1, 0.15) is 20.8 Å². The highest BCUT2D eigenvalue weighted by Gasteiger charge is 2.32. The summed E-state index contributed by atoms with van der Waals surface area (Å²) in [6.07, 6.45) is 0. The first-order chi connectivity index (χ1) is 9.52. The lowest BCUT2D eigenvalue weighted by Gasteiger charge is -2.27. The third kappa shape index (κ3) is 4.95. The van der Waals surface area contributed by atoms with E-state index in [0.717, 1.165) is 0 Å². The molecule has 0 saturated heterocycles. The fraction of sp³-hybridized carbons (Fsp3) is 0.385. The largest absolute Gasteiger partial charge is 0.480 e. The minimum atomic E-state index is -1.13. The number of carbonyl (C=O) groups is 2. The van der Waals surface area contributed by atoms with Gasteiger partial charge in [-0.25, -0.2) is 9.59 Å². The highest BCUT2D eigenvalue weighted by molar-refractivity contribution is 6.44. The van der Waals surface area contributed by atoms with Crippen LogP contribution < -0.4 is 10.6 Å². The molecule has 0 aliphatic heterocycles. The molecule has 0 aromatic heterocycles. The number of amides is 2. The molecule has 0 fully saturated rings. The monoisotopic (exact) mass is 352 g/mol. The Bertz CT molecular complexity index is 571. The molecule has 8 heteroatoms. The molecule has 0 bridgehead atoms. The number of halogens is 3. The van der Waals surface area contributed by atoms with E-state index in [1.54, 1.807) is 20.8 Å². The summed E-state index contributed by atoms with van der Waals surface area (Å²) in [4.78, 5) is 23.1. The van der Waals surface area contributed by atoms with Crippen molar-refractivity contribution in [3.8, 4) is 0 Å². The van der Waals surface area contributed by atoms with E-state index in [1.165, 1.54) is 12.1 Å². The first-order valence-corrected chi connectivity index (χ1v) is 7.10. The van der Waals surface area contributed by atoms with Crippen LogP contribution in [-0.4, -0.2) is 23.1 Å². The maximum absolute atomic E-state index is 11.9. The Kier molecular flexibility index (Phi) is 5.73. The van der Waals surface area contributed by atoms with Gasteiger partial charge in [-0.1, -0.05) is 55.6 Å². The number of benzene rings is 1. The molecule has 0 spiro atoms. The van der Waals surface area contributed by atoms with Crippen LogP contribution in [0.5, 0.6) is 0 Å². The van der Waals surface area contributed by atoms with Crippen LogP contribution >= 0.6 is 34.8 Å². The van der Waals surface area contributed by atoms with Gasteiger partial charge in [0.25, 0.3) is 0 Å². The van der Waals surface area contributed by atoms with Crippen molar-refractivity contribution in [2.24, 2.45) is 5.41 Å². The summed E-state index contributed by atoms with van der Waals surface area (Å²) < 4.78 is 0. The molecule has 5 nitrogen and oxygen atoms in total. The van der Waals surface area contributed by atoms with Gasteiger partial charge in [-0.3, -0.25) is 0 Å². The van der Waals surface area contributed by atoms with Crippen LogP contribution in [0.3, 0.4) is 0 Å². The summed E-state index contributed by atoms with van der Waals surface area (Å²) in [5, 5.41) is 14.7. The number of anilines is 1. The van der Waals surface area contributed by atoms with Crippen LogP contribution in [0.4, 0.5) is 10.5 Å². The van der Waals surface area contributed by atoms with Crippen LogP contribution in [0, 0.1) is 5.41 Å². The average molecular weight is 354 g/mol. The number of hydrogen-bond acceptors (Lipinski definition) is 2. The number of urea groups is 1. The quantitative estimate of drug-likeness (QED) is 0.710. The van der Waals surface area contributed by atoms with Gasteiger partial charge in [-0.2, -0.15) is 0 Å². The summed E-state index contributed by atoms with van der Waals surface area (Å²) in [5.74, 6) is -1.13. The van der Waals surface area contributed by atoms with E-state index in [-0.39, 0.29) is 20.8 Å². The standard InChI is InChI=1S/C13H15Cl3N2O3/c1-13(2,3)10(11(19)20)18-12(21)17-9-5-7(15)6(14)4-8(9)16/h4-5,10H,1-3H3,(H,19,20)(H2,17,18,21)/t10-/m1/s1. The smallest absolute Gasteiger partial charge is 0.326 e. The molecule has 0 saturated carbocycles. The molecule has 0 aliphatic carbocycles. The minimum absolute atomic E-state index is 0.196. The Hall–Kier alpha value is -1.17. The summed E-state index contributed by atoms with van der Waals surface area (Å²) >= 11 is 17.6. The highest BCUT2D eigenvalue weighted by Crippen LogP contribution is 2.32. The molecule has 3 N–H and O–H groups in total. The van der Waals surface area contributed by atoms with Gasteiger partial charge in [0.15, 0.2) is 0 Å². The second-order valence-corrected chi connectivity index (χ2v) is 6.70. The van der Waals surface area contributed by atoms with Crippen molar-refractivity contribution >= 4 is 52.5 Å². The first kappa shape index (κ1) is 17.9. The van der Waals surface area contributed by atoms with Crippen LogP contribution in [0.15, 0.2) is 12.1 Å². The van der Waals surface area contributed by atoms with Gasteiger partial charge in [0.1, 0.15) is 6.04 Å². The van der Waals surface area contributed by atoms with Gasteiger partial charge >= 0.3 is 12.0 Å². The van der Waals surface area contributed by atoms with Crippen LogP contribution in [0.2, 0.25) is 15.1 Å². The second-order valence-electron chi connectivity index (χ2n) is 5.48. The summed E-state index contributed by atoms with van der Waals surface area (Å²) in [6.45, 7) is 5.12. The number of rotatable bonds is 3. The van der Waals surface area contributed by atoms with Gasteiger partial charge in [0, 0.05) is 0 Å². The first-order valence-electron chi connectivity index (χ1n) is 5.97. The van der Waals surface area contributed by atoms with Crippen molar-refractivity contribution in [3.05, 3.63) is 27.2 Å². The Morgan fingerprint density at radius 1 is 1.10 bits per heavy atom. The number of carboxylic acid groups (broad SMARTS) is 1. The zero-order valence-electron chi connectivity index (χ0n) is 11.6. The van der Waals surface area contributed by atoms with E-state index < -0.39 is 23.5 Å². The van der Waals surface area contributed by atoms with Crippen LogP contribution in [0.25, 0.3) is 0 Å². The predicted molar refractivity (Wildman–Crippen MR) is 84.5 cm³/mol. The van der Waals surface area contributed by atoms with E-state index in [1.807, 2.05) is 0 Å². The van der Waals surface area contributed by atoms with E-state index >= 15 is 0 Å². The van der Waals surface area contributed by atoms with Crippen molar-refractivity contribution in [1.29, 1.82) is 0 Å². The van der Waals surface area contributed by atoms with Gasteiger partial charge in [0.05, 0.1) is 20.8 Å². The number of aliphatic carboxylic acids is 1. The van der Waals surface area contributed by atoms with Crippen molar-refractivity contribution in [1.82, 2.24) is 5.32 Å². The topological polar surface area (TPSA) is 78.4 Å². The number of hydrogen-bond donors (Lipinski definition) is 3. The lowest BCUT2D eigenvalue weighted by Crippen LogP contribution is -2.50. The van der Waals surface area contributed by atoms with Gasteiger partial charge in [0.2, 0.25) is 0 Å². The fourth-order valence-corrected chi connectivity index (χ4v) is 2.15. The van der Waals surface area contributed by atoms with E-state index in [0.29, 0.717) is 0 Å². The zero-order chi connectivity index (χ0) is 16.4. The Labute approximate surface area is 137 Å². The predicted octanol–water partition coefficient (Wildman–Crippen LogP) is 4.27. The molecule has 0 aliphatic rings. The summed E-state index contributed by atoms with van der Waals surface area (Å²) in [5.41, 5.74) is -0.411. The normalized spacial score (nSPS) is 12.7. The summed E-state index contributed by atoms with van der Waals surface area (Å²) in [6, 6.07) is 1.02. The number of carbonyl (C=O) groups excluding carboxylic acids is 1. The molecule has 1 atom stereocenters. The molecule has 21 heavy (non-hydrogen) atoms. The molecular formula is C13H15Cl3N2O3. The summed E-state index contributed by atoms with van der Waals surface area (Å²) in [7, 11) is 0. The second kappa shape index (κ2) is 6.73. The van der Waals surface area contributed by atoms with E-state index in [9.17, 15) is 9.59 Å². The molecule has 1 aromatic carbocycles. The van der Waals surface area contributed by atoms with Crippen molar-refractivity contribution in [2.75, 3.05) is 5.32 Å². The Morgan fingerprint density at radius 2 is 1.62 bits per heavy atom. The maximum Gasteiger partial charge on any atom is 0.326 e. The SMILES string of the molecule is CC(C)(C)[C@H](NC(=O)Nc1cc(Cl)c(Cl)cc1Cl)C(=O)O. The molecule has 2 amide bonds. The molecular weight excluding hydrogens is 339 g/mol. The molecule has 0 radical (unpaired) electrons. The van der Waals surface area contributed by atoms with E-state index in [2.05, 4.69) is 10.6 Å². The molecule has 1 aromatic rings. The van der Waals surface area contributed by atoms with Crippen molar-refractivity contribution in [3.63, 3.8) is 0 Å². The van der Waals surface area contributed by atoms with E-state index in [4.69, 9.17) is 39.9 Å². The molecule has 0 heterocycles. The number of carboxylic acids is 1. The number of nitrogens with one attached hydrogen (secondary N) is 2. The Balaban J connectivity index is 2.87. The third-order valence-corrected chi connectivity index (χ3v) is 3.68. The van der Waals surface area contributed by atoms with Crippen LogP contribution in [-0.2, 0) is 4.79 Å². The van der Waals surface area contributed by atoms with Crippen molar-refractivity contribution in [2.45, 2.75) is 26.8 Å². The van der Waals surface area contributed by atoms with Gasteiger partial charge < -0.3 is 15.7 Å². The molecule has 116 valence electrons. The van der Waals surface area contributed by atoms with Gasteiger partial charge in [-0.05, 0) is 17.5 Å². The highest BCUT2D eigenvalue weighted by atomic mass is 35.5. The third-order valence-electron chi connectivity index (χ3n) is 2.65.